The molecule has 0 unspecified atom stereocenters. The largest absolute Gasteiger partial charge is 0.573 e. The van der Waals surface area contributed by atoms with Gasteiger partial charge in [0, 0.05) is 16.9 Å². The van der Waals surface area contributed by atoms with Gasteiger partial charge in [-0.1, -0.05) is 26.0 Å². The lowest BCUT2D eigenvalue weighted by Gasteiger charge is -2.12. The van der Waals surface area contributed by atoms with Crippen molar-refractivity contribution in [1.29, 1.82) is 0 Å². The van der Waals surface area contributed by atoms with Crippen LogP contribution in [0.5, 0.6) is 5.75 Å². The van der Waals surface area contributed by atoms with Crippen molar-refractivity contribution in [1.82, 2.24) is 20.6 Å². The second-order valence-corrected chi connectivity index (χ2v) is 4.48. The van der Waals surface area contributed by atoms with Crippen molar-refractivity contribution in [2.75, 3.05) is 5.32 Å². The molecule has 0 aliphatic carbocycles. The number of aromatic nitrogens is 4. The fourth-order valence-electron chi connectivity index (χ4n) is 1.96. The maximum Gasteiger partial charge on any atom is 0.573 e. The minimum Gasteiger partial charge on any atom is -0.406 e. The summed E-state index contributed by atoms with van der Waals surface area (Å²) < 4.78 is 40.2. The number of rotatable bonds is 4. The van der Waals surface area contributed by atoms with Gasteiger partial charge in [0.05, 0.1) is 0 Å². The van der Waals surface area contributed by atoms with E-state index in [-0.39, 0.29) is 5.75 Å². The summed E-state index contributed by atoms with van der Waals surface area (Å²) in [5.41, 5.74) is 1.99. The first kappa shape index (κ1) is 18.2. The number of H-pyrrole nitrogens is 1. The normalized spacial score (nSPS) is 10.6. The van der Waals surface area contributed by atoms with Crippen LogP contribution in [-0.2, 0) is 0 Å². The van der Waals surface area contributed by atoms with Crippen molar-refractivity contribution >= 4 is 11.4 Å². The summed E-state index contributed by atoms with van der Waals surface area (Å²) in [6.07, 6.45) is -4.71. The Kier molecular flexibility index (Phi) is 5.93. The van der Waals surface area contributed by atoms with Gasteiger partial charge < -0.3 is 10.1 Å². The van der Waals surface area contributed by atoms with Crippen LogP contribution in [-0.4, -0.2) is 27.0 Å². The zero-order valence-corrected chi connectivity index (χ0v) is 13.5. The molecule has 0 atom stereocenters. The average Bonchev–Trinajstić information content (AvgIpc) is 3.12. The van der Waals surface area contributed by atoms with Crippen LogP contribution in [0.25, 0.3) is 11.4 Å². The van der Waals surface area contributed by atoms with Crippen LogP contribution in [0.4, 0.5) is 24.5 Å². The summed E-state index contributed by atoms with van der Waals surface area (Å²) >= 11 is 0. The highest BCUT2D eigenvalue weighted by atomic mass is 19.4. The van der Waals surface area contributed by atoms with Gasteiger partial charge in [0.15, 0.2) is 0 Å². The molecule has 1 heterocycles. The van der Waals surface area contributed by atoms with Gasteiger partial charge >= 0.3 is 6.36 Å². The van der Waals surface area contributed by atoms with E-state index in [2.05, 4.69) is 30.7 Å². The Hall–Kier alpha value is -3.10. The number of aromatic amines is 1. The van der Waals surface area contributed by atoms with Gasteiger partial charge in [-0.3, -0.25) is 0 Å². The zero-order chi connectivity index (χ0) is 18.3. The van der Waals surface area contributed by atoms with Gasteiger partial charge in [-0.05, 0) is 41.6 Å². The lowest BCUT2D eigenvalue weighted by atomic mass is 10.1. The van der Waals surface area contributed by atoms with Crippen LogP contribution in [0.15, 0.2) is 48.5 Å². The maximum atomic E-state index is 12.1. The lowest BCUT2D eigenvalue weighted by molar-refractivity contribution is -0.274. The monoisotopic (exact) mass is 351 g/mol. The number of alkyl halides is 3. The number of halogens is 3. The molecule has 0 spiro atoms. The van der Waals surface area contributed by atoms with E-state index in [1.807, 2.05) is 26.0 Å². The van der Waals surface area contributed by atoms with Gasteiger partial charge in [0.1, 0.15) is 5.75 Å². The standard InChI is InChI=1S/C14H10F3N5O.C2H6/c15-14(16,17)23-10-7-5-9(6-8-10)18-12-4-2-1-3-11(12)13-19-21-22-20-13;1-2/h1-8,18H,(H,19,20,21,22);1-2H3. The molecule has 0 saturated carbocycles. The molecule has 132 valence electrons. The second-order valence-electron chi connectivity index (χ2n) is 4.48. The quantitative estimate of drug-likeness (QED) is 0.722. The fraction of sp³-hybridized carbons (Fsp3) is 0.188. The number of benzene rings is 2. The van der Waals surface area contributed by atoms with Crippen molar-refractivity contribution in [2.24, 2.45) is 0 Å². The molecule has 6 nitrogen and oxygen atoms in total. The van der Waals surface area contributed by atoms with E-state index < -0.39 is 6.36 Å². The molecule has 2 aromatic carbocycles. The topological polar surface area (TPSA) is 75.7 Å². The van der Waals surface area contributed by atoms with E-state index in [9.17, 15) is 13.2 Å². The lowest BCUT2D eigenvalue weighted by Crippen LogP contribution is -2.16. The Bertz CT molecular complexity index is 773. The highest BCUT2D eigenvalue weighted by molar-refractivity contribution is 5.77. The van der Waals surface area contributed by atoms with Gasteiger partial charge in [-0.15, -0.1) is 23.4 Å². The Balaban J connectivity index is 0.00000109. The summed E-state index contributed by atoms with van der Waals surface area (Å²) in [4.78, 5) is 0. The third-order valence-electron chi connectivity index (χ3n) is 2.88. The number of ether oxygens (including phenoxy) is 1. The predicted molar refractivity (Wildman–Crippen MR) is 87.4 cm³/mol. The fourth-order valence-corrected chi connectivity index (χ4v) is 1.96. The van der Waals surface area contributed by atoms with Gasteiger partial charge in [-0.25, -0.2) is 0 Å². The molecular formula is C16H16F3N5O. The van der Waals surface area contributed by atoms with E-state index in [0.29, 0.717) is 22.8 Å². The molecule has 3 aromatic rings. The summed E-state index contributed by atoms with van der Waals surface area (Å²) in [5, 5.41) is 16.8. The number of tetrazole rings is 1. The molecule has 0 bridgehead atoms. The highest BCUT2D eigenvalue weighted by Crippen LogP contribution is 2.29. The Morgan fingerprint density at radius 3 is 2.28 bits per heavy atom. The van der Waals surface area contributed by atoms with E-state index in [1.165, 1.54) is 24.3 Å². The Morgan fingerprint density at radius 1 is 1.00 bits per heavy atom. The summed E-state index contributed by atoms with van der Waals surface area (Å²) in [6.45, 7) is 4.00. The van der Waals surface area contributed by atoms with Gasteiger partial charge in [-0.2, -0.15) is 5.21 Å². The molecular weight excluding hydrogens is 335 g/mol. The third-order valence-corrected chi connectivity index (χ3v) is 2.88. The van der Waals surface area contributed by atoms with Crippen LogP contribution >= 0.6 is 0 Å². The van der Waals surface area contributed by atoms with Crippen molar-refractivity contribution in [3.05, 3.63) is 48.5 Å². The van der Waals surface area contributed by atoms with Crippen LogP contribution < -0.4 is 10.1 Å². The average molecular weight is 351 g/mol. The zero-order valence-electron chi connectivity index (χ0n) is 13.5. The summed E-state index contributed by atoms with van der Waals surface area (Å²) in [7, 11) is 0. The van der Waals surface area contributed by atoms with Crippen LogP contribution in [0, 0.1) is 0 Å². The Morgan fingerprint density at radius 2 is 1.68 bits per heavy atom. The number of hydrogen-bond donors (Lipinski definition) is 2. The predicted octanol–water partition coefficient (Wildman–Crippen LogP) is 4.54. The first-order valence-electron chi connectivity index (χ1n) is 7.47. The van der Waals surface area contributed by atoms with Crippen molar-refractivity contribution < 1.29 is 17.9 Å². The summed E-state index contributed by atoms with van der Waals surface area (Å²) in [5.74, 6) is 0.125. The summed E-state index contributed by atoms with van der Waals surface area (Å²) in [6, 6.07) is 12.6. The number of hydrogen-bond acceptors (Lipinski definition) is 5. The smallest absolute Gasteiger partial charge is 0.406 e. The number of para-hydroxylation sites is 1. The van der Waals surface area contributed by atoms with E-state index in [1.54, 1.807) is 12.1 Å². The van der Waals surface area contributed by atoms with E-state index >= 15 is 0 Å². The van der Waals surface area contributed by atoms with Gasteiger partial charge in [0.25, 0.3) is 0 Å². The van der Waals surface area contributed by atoms with Crippen molar-refractivity contribution in [2.45, 2.75) is 20.2 Å². The number of anilines is 2. The van der Waals surface area contributed by atoms with Crippen LogP contribution in [0.3, 0.4) is 0 Å². The molecule has 0 fully saturated rings. The van der Waals surface area contributed by atoms with Gasteiger partial charge in [0.2, 0.25) is 5.82 Å². The molecule has 1 aromatic heterocycles. The molecule has 0 aliphatic rings. The van der Waals surface area contributed by atoms with E-state index in [4.69, 9.17) is 0 Å². The first-order chi connectivity index (χ1) is 12.0. The van der Waals surface area contributed by atoms with Crippen LogP contribution in [0.1, 0.15) is 13.8 Å². The highest BCUT2D eigenvalue weighted by Gasteiger charge is 2.30. The molecule has 9 heteroatoms. The molecule has 0 amide bonds. The molecule has 2 N–H and O–H groups in total. The van der Waals surface area contributed by atoms with E-state index in [0.717, 1.165) is 0 Å². The molecule has 0 aliphatic heterocycles. The second kappa shape index (κ2) is 8.13. The van der Waals surface area contributed by atoms with Crippen molar-refractivity contribution in [3.8, 4) is 17.1 Å². The number of nitrogens with one attached hydrogen (secondary N) is 2. The Labute approximate surface area is 142 Å². The molecule has 25 heavy (non-hydrogen) atoms. The first-order valence-corrected chi connectivity index (χ1v) is 7.47. The minimum atomic E-state index is -4.71. The van der Waals surface area contributed by atoms with Crippen LogP contribution in [0.2, 0.25) is 0 Å². The minimum absolute atomic E-state index is 0.283. The molecule has 3 rings (SSSR count). The SMILES string of the molecule is CC.FC(F)(F)Oc1ccc(Nc2ccccc2-c2nn[nH]n2)cc1. The molecule has 0 radical (unpaired) electrons. The third kappa shape index (κ3) is 5.20. The maximum absolute atomic E-state index is 12.1. The molecule has 0 saturated heterocycles. The number of nitrogens with zero attached hydrogens (tertiary/aromatic N) is 3. The van der Waals surface area contributed by atoms with Crippen molar-refractivity contribution in [3.63, 3.8) is 0 Å².